The van der Waals surface area contributed by atoms with Gasteiger partial charge in [0, 0.05) is 30.4 Å². The van der Waals surface area contributed by atoms with E-state index in [0.717, 1.165) is 24.3 Å². The maximum absolute atomic E-state index is 14.1. The quantitative estimate of drug-likeness (QED) is 0.304. The summed E-state index contributed by atoms with van der Waals surface area (Å²) in [6, 6.07) is 10.6. The highest BCUT2D eigenvalue weighted by Crippen LogP contribution is 2.36. The number of fused-ring (bicyclic) bond motifs is 1. The second kappa shape index (κ2) is 13.3. The molecule has 0 amide bonds. The Hall–Kier alpha value is -4.05. The summed E-state index contributed by atoms with van der Waals surface area (Å²) in [6.45, 7) is 13.5. The maximum atomic E-state index is 14.1. The van der Waals surface area contributed by atoms with Gasteiger partial charge in [0.1, 0.15) is 5.75 Å². The summed E-state index contributed by atoms with van der Waals surface area (Å²) >= 11 is 1.27. The molecule has 4 rings (SSSR count). The number of anilines is 1. The van der Waals surface area contributed by atoms with Crippen LogP contribution in [0.3, 0.4) is 0 Å². The van der Waals surface area contributed by atoms with E-state index in [4.69, 9.17) is 18.9 Å². The molecule has 0 saturated heterocycles. The molecule has 42 heavy (non-hydrogen) atoms. The minimum absolute atomic E-state index is 0.0577. The van der Waals surface area contributed by atoms with Crippen molar-refractivity contribution in [3.05, 3.63) is 78.5 Å². The number of thiazole rings is 1. The summed E-state index contributed by atoms with van der Waals surface area (Å²) < 4.78 is 24.7. The Morgan fingerprint density at radius 2 is 1.76 bits per heavy atom. The van der Waals surface area contributed by atoms with Crippen LogP contribution in [0.5, 0.6) is 17.2 Å². The lowest BCUT2D eigenvalue weighted by atomic mass is 9.95. The van der Waals surface area contributed by atoms with Crippen LogP contribution in [0.4, 0.5) is 5.69 Å². The van der Waals surface area contributed by atoms with Gasteiger partial charge in [-0.1, -0.05) is 17.4 Å². The molecule has 0 N–H and O–H groups in total. The van der Waals surface area contributed by atoms with Crippen LogP contribution in [0.2, 0.25) is 0 Å². The van der Waals surface area contributed by atoms with E-state index in [1.165, 1.54) is 11.3 Å². The predicted octanol–water partition coefficient (Wildman–Crippen LogP) is 4.45. The molecule has 1 aromatic heterocycles. The molecule has 0 spiro atoms. The molecule has 0 saturated carbocycles. The first-order valence-electron chi connectivity index (χ1n) is 14.1. The van der Waals surface area contributed by atoms with Gasteiger partial charge in [-0.15, -0.1) is 0 Å². The van der Waals surface area contributed by atoms with E-state index >= 15 is 0 Å². The van der Waals surface area contributed by atoms with Crippen molar-refractivity contribution < 1.29 is 23.7 Å². The molecule has 10 heteroatoms. The van der Waals surface area contributed by atoms with Gasteiger partial charge in [-0.3, -0.25) is 9.36 Å². The van der Waals surface area contributed by atoms with Gasteiger partial charge in [0.15, 0.2) is 16.3 Å². The number of benzene rings is 2. The summed E-state index contributed by atoms with van der Waals surface area (Å²) in [7, 11) is 3.18. The van der Waals surface area contributed by atoms with E-state index in [2.05, 4.69) is 23.7 Å². The molecule has 0 radical (unpaired) electrons. The van der Waals surface area contributed by atoms with Crippen LogP contribution < -0.4 is 34.0 Å². The number of carbonyl (C=O) groups excluding carboxylic acids is 1. The van der Waals surface area contributed by atoms with Gasteiger partial charge < -0.3 is 23.8 Å². The zero-order valence-corrected chi connectivity index (χ0v) is 26.3. The molecular formula is C32H39N3O6S. The second-order valence-electron chi connectivity index (χ2n) is 9.98. The van der Waals surface area contributed by atoms with Crippen molar-refractivity contribution in [3.8, 4) is 17.2 Å². The van der Waals surface area contributed by atoms with Crippen molar-refractivity contribution in [2.24, 2.45) is 4.99 Å². The van der Waals surface area contributed by atoms with Crippen LogP contribution in [-0.2, 0) is 9.53 Å². The van der Waals surface area contributed by atoms with Crippen LogP contribution in [-0.4, -0.2) is 50.6 Å². The minimum Gasteiger partial charge on any atom is -0.496 e. The van der Waals surface area contributed by atoms with Crippen molar-refractivity contribution in [1.82, 2.24) is 4.57 Å². The minimum atomic E-state index is -0.767. The fourth-order valence-electron chi connectivity index (χ4n) is 5.06. The van der Waals surface area contributed by atoms with Gasteiger partial charge in [0.25, 0.3) is 5.56 Å². The van der Waals surface area contributed by atoms with Gasteiger partial charge in [0.05, 0.1) is 48.8 Å². The van der Waals surface area contributed by atoms with Crippen LogP contribution in [0.15, 0.2) is 57.5 Å². The largest absolute Gasteiger partial charge is 0.496 e. The Bertz CT molecular complexity index is 1670. The molecule has 224 valence electrons. The Labute approximate surface area is 250 Å². The lowest BCUT2D eigenvalue weighted by Crippen LogP contribution is -2.40. The SMILES string of the molecule is CCOC(=O)C1=C(C)N=c2sc(=Cc3ccc(N(CC)CC)cc3OC)c(=O)n2C1c1ccc(OC(C)C)c(OC)c1. The van der Waals surface area contributed by atoms with E-state index in [-0.39, 0.29) is 18.3 Å². The topological polar surface area (TPSA) is 91.6 Å². The Morgan fingerprint density at radius 3 is 2.38 bits per heavy atom. The Balaban J connectivity index is 1.92. The summed E-state index contributed by atoms with van der Waals surface area (Å²) in [5.41, 5.74) is 3.02. The van der Waals surface area contributed by atoms with E-state index in [0.29, 0.717) is 43.4 Å². The highest BCUT2D eigenvalue weighted by atomic mass is 32.1. The van der Waals surface area contributed by atoms with Crippen LogP contribution in [0.25, 0.3) is 6.08 Å². The highest BCUT2D eigenvalue weighted by molar-refractivity contribution is 7.07. The first-order chi connectivity index (χ1) is 20.2. The molecule has 0 fully saturated rings. The fraction of sp³-hybridized carbons (Fsp3) is 0.406. The third kappa shape index (κ3) is 6.09. The highest BCUT2D eigenvalue weighted by Gasteiger charge is 2.34. The number of carbonyl (C=O) groups is 1. The molecule has 2 aromatic carbocycles. The molecule has 9 nitrogen and oxygen atoms in total. The fourth-order valence-corrected chi connectivity index (χ4v) is 6.10. The van der Waals surface area contributed by atoms with Crippen LogP contribution >= 0.6 is 11.3 Å². The van der Waals surface area contributed by atoms with E-state index in [9.17, 15) is 9.59 Å². The van der Waals surface area contributed by atoms with Gasteiger partial charge in [-0.05, 0) is 77.4 Å². The average Bonchev–Trinajstić information content (AvgIpc) is 3.27. The summed E-state index contributed by atoms with van der Waals surface area (Å²) in [5.74, 6) is 1.21. The van der Waals surface area contributed by atoms with E-state index < -0.39 is 12.0 Å². The Kier molecular flexibility index (Phi) is 9.78. The number of aromatic nitrogens is 1. The number of hydrogen-bond donors (Lipinski definition) is 0. The van der Waals surface area contributed by atoms with Gasteiger partial charge in [-0.25, -0.2) is 9.79 Å². The number of ether oxygens (including phenoxy) is 4. The van der Waals surface area contributed by atoms with Gasteiger partial charge >= 0.3 is 5.97 Å². The number of esters is 1. The monoisotopic (exact) mass is 593 g/mol. The van der Waals surface area contributed by atoms with Gasteiger partial charge in [-0.2, -0.15) is 0 Å². The predicted molar refractivity (Wildman–Crippen MR) is 166 cm³/mol. The molecule has 0 bridgehead atoms. The third-order valence-electron chi connectivity index (χ3n) is 7.02. The molecule has 0 aliphatic carbocycles. The van der Waals surface area contributed by atoms with Crippen LogP contribution in [0, 0.1) is 0 Å². The van der Waals surface area contributed by atoms with Gasteiger partial charge in [0.2, 0.25) is 0 Å². The molecular weight excluding hydrogens is 554 g/mol. The molecule has 1 aliphatic heterocycles. The second-order valence-corrected chi connectivity index (χ2v) is 11.0. The van der Waals surface area contributed by atoms with E-state index in [1.807, 2.05) is 44.2 Å². The summed E-state index contributed by atoms with van der Waals surface area (Å²) in [5, 5.41) is 0. The molecule has 1 atom stereocenters. The first-order valence-corrected chi connectivity index (χ1v) is 15.0. The van der Waals surface area contributed by atoms with Crippen LogP contribution in [0.1, 0.15) is 58.7 Å². The standard InChI is InChI=1S/C32H39N3O6S/c1-9-34(10-2)23-14-12-21(25(18-23)38-7)17-27-30(36)35-29(22-13-15-24(41-19(4)5)26(16-22)39-8)28(31(37)40-11-3)20(6)33-32(35)42-27/h12-19,29H,9-11H2,1-8H3. The molecule has 1 unspecified atom stereocenters. The normalized spacial score (nSPS) is 14.9. The Morgan fingerprint density at radius 1 is 1.05 bits per heavy atom. The molecule has 3 aromatic rings. The smallest absolute Gasteiger partial charge is 0.338 e. The number of rotatable bonds is 11. The number of hydrogen-bond acceptors (Lipinski definition) is 9. The number of allylic oxidation sites excluding steroid dienone is 1. The average molecular weight is 594 g/mol. The van der Waals surface area contributed by atoms with Crippen molar-refractivity contribution in [1.29, 1.82) is 0 Å². The third-order valence-corrected chi connectivity index (χ3v) is 8.00. The van der Waals surface area contributed by atoms with Crippen molar-refractivity contribution in [3.63, 3.8) is 0 Å². The summed E-state index contributed by atoms with van der Waals surface area (Å²) in [6.07, 6.45) is 1.76. The lowest BCUT2D eigenvalue weighted by molar-refractivity contribution is -0.139. The van der Waals surface area contributed by atoms with Crippen molar-refractivity contribution in [2.45, 2.75) is 53.7 Å². The number of methoxy groups -OCH3 is 2. The first kappa shape index (κ1) is 30.9. The number of nitrogens with zero attached hydrogens (tertiary/aromatic N) is 3. The zero-order valence-electron chi connectivity index (χ0n) is 25.5. The zero-order chi connectivity index (χ0) is 30.6. The summed E-state index contributed by atoms with van der Waals surface area (Å²) in [4.78, 5) is 34.7. The molecule has 2 heterocycles. The van der Waals surface area contributed by atoms with E-state index in [1.54, 1.807) is 44.8 Å². The van der Waals surface area contributed by atoms with Crippen molar-refractivity contribution >= 4 is 29.1 Å². The molecule has 1 aliphatic rings. The van der Waals surface area contributed by atoms with Crippen molar-refractivity contribution in [2.75, 3.05) is 38.8 Å². The lowest BCUT2D eigenvalue weighted by Gasteiger charge is -2.25. The maximum Gasteiger partial charge on any atom is 0.338 e.